The lowest BCUT2D eigenvalue weighted by molar-refractivity contribution is 0.777. The van der Waals surface area contributed by atoms with Gasteiger partial charge < -0.3 is 0 Å². The molecule has 2 rings (SSSR count). The molecule has 0 spiro atoms. The zero-order chi connectivity index (χ0) is 11.7. The van der Waals surface area contributed by atoms with Crippen LogP contribution >= 0.6 is 23.2 Å². The van der Waals surface area contributed by atoms with Crippen LogP contribution in [-0.4, -0.2) is 9.55 Å². The monoisotopic (exact) mass is 253 g/mol. The van der Waals surface area contributed by atoms with Gasteiger partial charge in [-0.05, 0) is 29.8 Å². The van der Waals surface area contributed by atoms with E-state index in [4.69, 9.17) is 28.5 Å². The summed E-state index contributed by atoms with van der Waals surface area (Å²) in [7, 11) is 0. The molecule has 0 amide bonds. The van der Waals surface area contributed by atoms with Crippen LogP contribution < -0.4 is 5.56 Å². The van der Waals surface area contributed by atoms with Crippen LogP contribution in [0.3, 0.4) is 0 Å². The van der Waals surface area contributed by atoms with Crippen LogP contribution in [0.4, 0.5) is 0 Å². The Balaban J connectivity index is 2.86. The van der Waals surface area contributed by atoms with Crippen molar-refractivity contribution < 1.29 is 0 Å². The summed E-state index contributed by atoms with van der Waals surface area (Å²) in [6.07, 6.45) is 0. The number of rotatable bonds is 1. The predicted molar refractivity (Wildman–Crippen MR) is 61.6 cm³/mol. The minimum Gasteiger partial charge on any atom is -0.269 e. The molecule has 0 fully saturated rings. The number of halogens is 2. The Morgan fingerprint density at radius 3 is 2.88 bits per heavy atom. The lowest BCUT2D eigenvalue weighted by Gasteiger charge is -2.05. The summed E-state index contributed by atoms with van der Waals surface area (Å²) < 4.78 is 1.10. The van der Waals surface area contributed by atoms with Crippen molar-refractivity contribution in [1.82, 2.24) is 9.55 Å². The van der Waals surface area contributed by atoms with Crippen LogP contribution in [0.1, 0.15) is 0 Å². The molecule has 4 nitrogen and oxygen atoms in total. The summed E-state index contributed by atoms with van der Waals surface area (Å²) >= 11 is 11.6. The highest BCUT2D eigenvalue weighted by Crippen LogP contribution is 2.16. The second-order valence-electron chi connectivity index (χ2n) is 3.09. The summed E-state index contributed by atoms with van der Waals surface area (Å²) in [5.41, 5.74) is 0.104. The maximum Gasteiger partial charge on any atom is 0.263 e. The molecular formula is C10H5Cl2N3O. The summed E-state index contributed by atoms with van der Waals surface area (Å²) in [5.74, 6) is 0. The van der Waals surface area contributed by atoms with Gasteiger partial charge in [0, 0.05) is 5.02 Å². The van der Waals surface area contributed by atoms with E-state index in [0.717, 1.165) is 4.57 Å². The Labute approximate surface area is 101 Å². The third kappa shape index (κ3) is 1.75. The minimum absolute atomic E-state index is 0.00127. The minimum atomic E-state index is -0.362. The summed E-state index contributed by atoms with van der Waals surface area (Å²) in [5, 5.41) is 9.37. The van der Waals surface area contributed by atoms with Crippen molar-refractivity contribution in [2.75, 3.05) is 0 Å². The quantitative estimate of drug-likeness (QED) is 0.733. The standard InChI is InChI=1S/C10H5Cl2N3O/c11-6-1-2-8-7(5-6)9(16)15(4-3-13)10(12)14-8/h1-2,5H,4H2. The number of aromatic nitrogens is 2. The highest BCUT2D eigenvalue weighted by Gasteiger charge is 2.09. The number of hydrogen-bond acceptors (Lipinski definition) is 3. The zero-order valence-electron chi connectivity index (χ0n) is 7.94. The highest BCUT2D eigenvalue weighted by molar-refractivity contribution is 6.31. The molecule has 0 bridgehead atoms. The first-order valence-corrected chi connectivity index (χ1v) is 5.11. The van der Waals surface area contributed by atoms with E-state index in [1.54, 1.807) is 12.1 Å². The predicted octanol–water partition coefficient (Wildman–Crippen LogP) is 2.23. The van der Waals surface area contributed by atoms with Crippen LogP contribution in [0.25, 0.3) is 10.9 Å². The molecule has 0 aliphatic rings. The van der Waals surface area contributed by atoms with E-state index in [1.807, 2.05) is 6.07 Å². The molecule has 0 saturated heterocycles. The Hall–Kier alpha value is -1.57. The molecular weight excluding hydrogens is 249 g/mol. The third-order valence-electron chi connectivity index (χ3n) is 2.10. The fourth-order valence-corrected chi connectivity index (χ4v) is 1.77. The van der Waals surface area contributed by atoms with Crippen molar-refractivity contribution in [2.24, 2.45) is 0 Å². The van der Waals surface area contributed by atoms with E-state index >= 15 is 0 Å². The molecule has 0 saturated carbocycles. The van der Waals surface area contributed by atoms with Gasteiger partial charge >= 0.3 is 0 Å². The molecule has 1 aromatic carbocycles. The Morgan fingerprint density at radius 1 is 1.44 bits per heavy atom. The van der Waals surface area contributed by atoms with Crippen LogP contribution in [0, 0.1) is 11.3 Å². The number of nitrogens with zero attached hydrogens (tertiary/aromatic N) is 3. The van der Waals surface area contributed by atoms with E-state index in [0.29, 0.717) is 15.9 Å². The molecule has 16 heavy (non-hydrogen) atoms. The third-order valence-corrected chi connectivity index (χ3v) is 2.62. The van der Waals surface area contributed by atoms with Gasteiger partial charge in [-0.1, -0.05) is 11.6 Å². The van der Waals surface area contributed by atoms with Gasteiger partial charge in [-0.3, -0.25) is 9.36 Å². The van der Waals surface area contributed by atoms with Gasteiger partial charge in [-0.15, -0.1) is 0 Å². The van der Waals surface area contributed by atoms with Crippen molar-refractivity contribution in [3.05, 3.63) is 38.9 Å². The lowest BCUT2D eigenvalue weighted by Crippen LogP contribution is -2.21. The second kappa shape index (κ2) is 4.12. The molecule has 6 heteroatoms. The van der Waals surface area contributed by atoms with E-state index < -0.39 is 0 Å². The fraction of sp³-hybridized carbons (Fsp3) is 0.100. The molecule has 1 heterocycles. The highest BCUT2D eigenvalue weighted by atomic mass is 35.5. The van der Waals surface area contributed by atoms with Crippen molar-refractivity contribution in [3.8, 4) is 6.07 Å². The first-order chi connectivity index (χ1) is 7.63. The van der Waals surface area contributed by atoms with Crippen molar-refractivity contribution in [2.45, 2.75) is 6.54 Å². The topological polar surface area (TPSA) is 58.7 Å². The molecule has 2 aromatic rings. The Bertz CT molecular complexity index is 657. The molecule has 1 aromatic heterocycles. The molecule has 0 N–H and O–H groups in total. The largest absolute Gasteiger partial charge is 0.269 e. The van der Waals surface area contributed by atoms with Gasteiger partial charge in [0.1, 0.15) is 6.54 Å². The van der Waals surface area contributed by atoms with Crippen molar-refractivity contribution >= 4 is 34.1 Å². The number of nitriles is 1. The van der Waals surface area contributed by atoms with Gasteiger partial charge in [-0.25, -0.2) is 4.98 Å². The lowest BCUT2D eigenvalue weighted by atomic mass is 10.2. The number of hydrogen-bond donors (Lipinski definition) is 0. The van der Waals surface area contributed by atoms with Gasteiger partial charge in [-0.2, -0.15) is 5.26 Å². The van der Waals surface area contributed by atoms with Gasteiger partial charge in [0.2, 0.25) is 5.28 Å². The molecule has 0 atom stereocenters. The van der Waals surface area contributed by atoms with Gasteiger partial charge in [0.05, 0.1) is 17.0 Å². The van der Waals surface area contributed by atoms with E-state index in [-0.39, 0.29) is 17.4 Å². The Kier molecular flexibility index (Phi) is 2.82. The zero-order valence-corrected chi connectivity index (χ0v) is 9.46. The molecule has 0 radical (unpaired) electrons. The number of fused-ring (bicyclic) bond motifs is 1. The summed E-state index contributed by atoms with van der Waals surface area (Å²) in [6.45, 7) is -0.132. The first-order valence-electron chi connectivity index (χ1n) is 4.36. The normalized spacial score (nSPS) is 10.3. The van der Waals surface area contributed by atoms with Gasteiger partial charge in [0.15, 0.2) is 0 Å². The summed E-state index contributed by atoms with van der Waals surface area (Å²) in [4.78, 5) is 15.9. The second-order valence-corrected chi connectivity index (χ2v) is 3.87. The fourth-order valence-electron chi connectivity index (χ4n) is 1.37. The van der Waals surface area contributed by atoms with Gasteiger partial charge in [0.25, 0.3) is 5.56 Å². The van der Waals surface area contributed by atoms with E-state index in [2.05, 4.69) is 4.98 Å². The number of benzene rings is 1. The van der Waals surface area contributed by atoms with E-state index in [9.17, 15) is 4.79 Å². The molecule has 0 aliphatic heterocycles. The molecule has 80 valence electrons. The van der Waals surface area contributed by atoms with E-state index in [1.165, 1.54) is 6.07 Å². The smallest absolute Gasteiger partial charge is 0.263 e. The molecule has 0 aliphatic carbocycles. The first kappa shape index (κ1) is 10.9. The summed E-state index contributed by atoms with van der Waals surface area (Å²) in [6, 6.07) is 6.60. The SMILES string of the molecule is N#CCn1c(Cl)nc2ccc(Cl)cc2c1=O. The maximum atomic E-state index is 11.9. The maximum absolute atomic E-state index is 11.9. The average molecular weight is 254 g/mol. The van der Waals surface area contributed by atoms with Crippen molar-refractivity contribution in [1.29, 1.82) is 5.26 Å². The van der Waals surface area contributed by atoms with Crippen LogP contribution in [0.5, 0.6) is 0 Å². The van der Waals surface area contributed by atoms with Crippen molar-refractivity contribution in [3.63, 3.8) is 0 Å². The molecule has 0 unspecified atom stereocenters. The van der Waals surface area contributed by atoms with Crippen LogP contribution in [0.15, 0.2) is 23.0 Å². The van der Waals surface area contributed by atoms with Crippen LogP contribution in [-0.2, 0) is 6.54 Å². The van der Waals surface area contributed by atoms with Crippen LogP contribution in [0.2, 0.25) is 10.3 Å². The Morgan fingerprint density at radius 2 is 2.19 bits per heavy atom. The average Bonchev–Trinajstić information content (AvgIpc) is 2.26.